The summed E-state index contributed by atoms with van der Waals surface area (Å²) in [5.74, 6) is -1.10. The molecule has 5 heteroatoms. The Balaban J connectivity index is 1.95. The lowest BCUT2D eigenvalue weighted by Crippen LogP contribution is -2.03. The van der Waals surface area contributed by atoms with Crippen molar-refractivity contribution in [2.45, 2.75) is 19.9 Å². The quantitative estimate of drug-likeness (QED) is 0.705. The highest BCUT2D eigenvalue weighted by Crippen LogP contribution is 2.19. The molecular formula is C16H14F2N2S. The first-order valence-electron chi connectivity index (χ1n) is 6.68. The van der Waals surface area contributed by atoms with E-state index in [2.05, 4.69) is 4.98 Å². The maximum atomic E-state index is 13.2. The second-order valence-corrected chi connectivity index (χ2v) is 5.47. The van der Waals surface area contributed by atoms with Crippen LogP contribution in [0.5, 0.6) is 0 Å². The minimum Gasteiger partial charge on any atom is -0.331 e. The van der Waals surface area contributed by atoms with Crippen LogP contribution < -0.4 is 0 Å². The molecular weight excluding hydrogens is 290 g/mol. The Morgan fingerprint density at radius 1 is 1.14 bits per heavy atom. The number of nitrogens with zero attached hydrogens (tertiary/aromatic N) is 1. The van der Waals surface area contributed by atoms with Gasteiger partial charge in [0.1, 0.15) is 11.6 Å². The molecule has 0 atom stereocenters. The number of halogens is 2. The van der Waals surface area contributed by atoms with Crippen molar-refractivity contribution >= 4 is 23.3 Å². The number of H-pyrrole nitrogens is 1. The second kappa shape index (κ2) is 5.41. The highest BCUT2D eigenvalue weighted by molar-refractivity contribution is 7.71. The van der Waals surface area contributed by atoms with Gasteiger partial charge in [-0.3, -0.25) is 0 Å². The minimum atomic E-state index is -0.552. The first-order chi connectivity index (χ1) is 10.0. The largest absolute Gasteiger partial charge is 0.331 e. The van der Waals surface area contributed by atoms with Crippen molar-refractivity contribution < 1.29 is 8.78 Å². The lowest BCUT2D eigenvalue weighted by molar-refractivity contribution is 0.577. The number of nitrogens with one attached hydrogen (secondary N) is 1. The van der Waals surface area contributed by atoms with E-state index in [0.29, 0.717) is 23.3 Å². The molecule has 3 aromatic rings. The van der Waals surface area contributed by atoms with Gasteiger partial charge in [-0.1, -0.05) is 12.1 Å². The molecule has 1 heterocycles. The standard InChI is InChI=1S/C16H14F2N2S/c1-10-3-2-4-14-15(10)20(16(21)19-14)6-5-11-7-12(17)9-13(18)8-11/h2-4,7-9H,5-6H2,1H3,(H,19,21). The minimum absolute atomic E-state index is 0.518. The molecule has 1 aromatic heterocycles. The average Bonchev–Trinajstić information content (AvgIpc) is 2.72. The van der Waals surface area contributed by atoms with Gasteiger partial charge in [0.2, 0.25) is 0 Å². The van der Waals surface area contributed by atoms with Gasteiger partial charge < -0.3 is 9.55 Å². The number of aromatic nitrogens is 2. The summed E-state index contributed by atoms with van der Waals surface area (Å²) >= 11 is 5.34. The Bertz CT molecular complexity index is 844. The number of benzene rings is 2. The molecule has 0 aliphatic heterocycles. The monoisotopic (exact) mass is 304 g/mol. The molecule has 0 radical (unpaired) electrons. The number of hydrogen-bond donors (Lipinski definition) is 1. The lowest BCUT2D eigenvalue weighted by atomic mass is 10.1. The fraction of sp³-hybridized carbons (Fsp3) is 0.188. The van der Waals surface area contributed by atoms with Crippen LogP contribution in [0.15, 0.2) is 36.4 Å². The van der Waals surface area contributed by atoms with Gasteiger partial charge in [0.25, 0.3) is 0 Å². The van der Waals surface area contributed by atoms with Crippen molar-refractivity contribution in [1.29, 1.82) is 0 Å². The zero-order valence-electron chi connectivity index (χ0n) is 11.5. The van der Waals surface area contributed by atoms with Gasteiger partial charge in [0.05, 0.1) is 11.0 Å². The second-order valence-electron chi connectivity index (χ2n) is 5.08. The van der Waals surface area contributed by atoms with Crippen LogP contribution in [0.3, 0.4) is 0 Å². The van der Waals surface area contributed by atoms with Crippen molar-refractivity contribution in [3.05, 3.63) is 63.9 Å². The third kappa shape index (κ3) is 2.74. The van der Waals surface area contributed by atoms with E-state index >= 15 is 0 Å². The fourth-order valence-corrected chi connectivity index (χ4v) is 2.90. The first-order valence-corrected chi connectivity index (χ1v) is 7.08. The Kier molecular flexibility index (Phi) is 3.59. The molecule has 108 valence electrons. The molecule has 0 amide bonds. The van der Waals surface area contributed by atoms with E-state index in [4.69, 9.17) is 12.2 Å². The molecule has 0 aliphatic rings. The molecule has 2 nitrogen and oxygen atoms in total. The number of rotatable bonds is 3. The zero-order chi connectivity index (χ0) is 15.0. The van der Waals surface area contributed by atoms with Crippen molar-refractivity contribution in [3.8, 4) is 0 Å². The average molecular weight is 304 g/mol. The lowest BCUT2D eigenvalue weighted by Gasteiger charge is -2.07. The summed E-state index contributed by atoms with van der Waals surface area (Å²) in [6, 6.07) is 9.54. The van der Waals surface area contributed by atoms with Gasteiger partial charge in [-0.15, -0.1) is 0 Å². The molecule has 0 aliphatic carbocycles. The zero-order valence-corrected chi connectivity index (χ0v) is 12.3. The number of para-hydroxylation sites is 1. The van der Waals surface area contributed by atoms with E-state index < -0.39 is 11.6 Å². The van der Waals surface area contributed by atoms with Crippen molar-refractivity contribution in [1.82, 2.24) is 9.55 Å². The Morgan fingerprint density at radius 2 is 1.86 bits per heavy atom. The number of aromatic amines is 1. The summed E-state index contributed by atoms with van der Waals surface area (Å²) < 4.78 is 29.0. The van der Waals surface area contributed by atoms with E-state index in [1.165, 1.54) is 12.1 Å². The third-order valence-electron chi connectivity index (χ3n) is 3.54. The summed E-state index contributed by atoms with van der Waals surface area (Å²) in [4.78, 5) is 3.16. The summed E-state index contributed by atoms with van der Waals surface area (Å²) in [6.45, 7) is 2.59. The predicted molar refractivity (Wildman–Crippen MR) is 81.9 cm³/mol. The molecule has 0 bridgehead atoms. The summed E-state index contributed by atoms with van der Waals surface area (Å²) in [6.07, 6.45) is 0.518. The number of fused-ring (bicyclic) bond motifs is 1. The predicted octanol–water partition coefficient (Wildman–Crippen LogP) is 4.53. The van der Waals surface area contributed by atoms with Crippen molar-refractivity contribution in [3.63, 3.8) is 0 Å². The van der Waals surface area contributed by atoms with E-state index in [1.807, 2.05) is 29.7 Å². The molecule has 0 unspecified atom stereocenters. The summed E-state index contributed by atoms with van der Waals surface area (Å²) in [5, 5.41) is 0. The molecule has 0 spiro atoms. The smallest absolute Gasteiger partial charge is 0.178 e. The van der Waals surface area contributed by atoms with Crippen LogP contribution in [0.2, 0.25) is 0 Å². The van der Waals surface area contributed by atoms with Gasteiger partial charge in [0, 0.05) is 12.6 Å². The van der Waals surface area contributed by atoms with Crippen LogP contribution in [-0.2, 0) is 13.0 Å². The number of imidazole rings is 1. The molecule has 2 aromatic carbocycles. The Morgan fingerprint density at radius 3 is 2.57 bits per heavy atom. The molecule has 0 saturated heterocycles. The normalized spacial score (nSPS) is 11.2. The topological polar surface area (TPSA) is 20.7 Å². The Hall–Kier alpha value is -2.01. The van der Waals surface area contributed by atoms with Gasteiger partial charge in [-0.2, -0.15) is 0 Å². The summed E-state index contributed by atoms with van der Waals surface area (Å²) in [5.41, 5.74) is 3.76. The molecule has 21 heavy (non-hydrogen) atoms. The van der Waals surface area contributed by atoms with Gasteiger partial charge in [-0.25, -0.2) is 8.78 Å². The van der Waals surface area contributed by atoms with Crippen LogP contribution in [0, 0.1) is 23.3 Å². The van der Waals surface area contributed by atoms with E-state index in [1.54, 1.807) is 0 Å². The maximum absolute atomic E-state index is 13.2. The molecule has 0 fully saturated rings. The van der Waals surface area contributed by atoms with Crippen LogP contribution in [0.1, 0.15) is 11.1 Å². The highest BCUT2D eigenvalue weighted by Gasteiger charge is 2.07. The SMILES string of the molecule is Cc1cccc2[nH]c(=S)n(CCc3cc(F)cc(F)c3)c12. The van der Waals surface area contributed by atoms with Crippen molar-refractivity contribution in [2.75, 3.05) is 0 Å². The fourth-order valence-electron chi connectivity index (χ4n) is 2.61. The van der Waals surface area contributed by atoms with E-state index in [9.17, 15) is 8.78 Å². The third-order valence-corrected chi connectivity index (χ3v) is 3.86. The molecule has 1 N–H and O–H groups in total. The van der Waals surface area contributed by atoms with Crippen LogP contribution in [0.4, 0.5) is 8.78 Å². The van der Waals surface area contributed by atoms with Crippen LogP contribution in [0.25, 0.3) is 11.0 Å². The van der Waals surface area contributed by atoms with Gasteiger partial charge >= 0.3 is 0 Å². The van der Waals surface area contributed by atoms with Gasteiger partial charge in [0.15, 0.2) is 4.77 Å². The van der Waals surface area contributed by atoms with Gasteiger partial charge in [-0.05, 0) is 54.9 Å². The van der Waals surface area contributed by atoms with Crippen LogP contribution >= 0.6 is 12.2 Å². The highest BCUT2D eigenvalue weighted by atomic mass is 32.1. The maximum Gasteiger partial charge on any atom is 0.178 e. The number of hydrogen-bond acceptors (Lipinski definition) is 1. The van der Waals surface area contributed by atoms with E-state index in [0.717, 1.165) is 22.7 Å². The summed E-state index contributed by atoms with van der Waals surface area (Å²) in [7, 11) is 0. The van der Waals surface area contributed by atoms with Crippen LogP contribution in [-0.4, -0.2) is 9.55 Å². The van der Waals surface area contributed by atoms with E-state index in [-0.39, 0.29) is 0 Å². The molecule has 0 saturated carbocycles. The number of aryl methyl sites for hydroxylation is 3. The Labute approximate surface area is 126 Å². The first kappa shape index (κ1) is 13.9. The molecule has 3 rings (SSSR count). The van der Waals surface area contributed by atoms with Crippen molar-refractivity contribution in [2.24, 2.45) is 0 Å².